The monoisotopic (exact) mass is 435 g/mol. The number of H-pyrrole nitrogens is 1. The molecule has 1 fully saturated rings. The number of carbonyl (C=O) groups is 1. The van der Waals surface area contributed by atoms with Gasteiger partial charge in [0, 0.05) is 18.5 Å². The lowest BCUT2D eigenvalue weighted by molar-refractivity contribution is 0.0896. The molecule has 0 radical (unpaired) electrons. The quantitative estimate of drug-likeness (QED) is 0.632. The van der Waals surface area contributed by atoms with E-state index in [0.717, 1.165) is 18.9 Å². The molecule has 8 heteroatoms. The zero-order valence-electron chi connectivity index (χ0n) is 18.6. The molecule has 1 saturated carbocycles. The first-order chi connectivity index (χ1) is 15.1. The zero-order chi connectivity index (χ0) is 23.1. The molecule has 1 aliphatic rings. The van der Waals surface area contributed by atoms with Gasteiger partial charge in [0.15, 0.2) is 11.6 Å². The van der Waals surface area contributed by atoms with Gasteiger partial charge in [0.1, 0.15) is 11.5 Å². The number of aromatic amines is 1. The summed E-state index contributed by atoms with van der Waals surface area (Å²) in [6.45, 7) is 7.93. The van der Waals surface area contributed by atoms with Crippen molar-refractivity contribution < 1.29 is 9.18 Å². The van der Waals surface area contributed by atoms with E-state index in [1.165, 1.54) is 18.5 Å². The third kappa shape index (κ3) is 4.44. The van der Waals surface area contributed by atoms with Crippen molar-refractivity contribution in [3.63, 3.8) is 0 Å². The van der Waals surface area contributed by atoms with Gasteiger partial charge in [0.25, 0.3) is 11.5 Å². The highest BCUT2D eigenvalue weighted by atomic mass is 19.1. The van der Waals surface area contributed by atoms with Gasteiger partial charge in [0.2, 0.25) is 0 Å². The molecule has 0 unspecified atom stereocenters. The fourth-order valence-electron chi connectivity index (χ4n) is 3.76. The number of aromatic nitrogens is 4. The number of nitrogens with zero attached hydrogens (tertiary/aromatic N) is 3. The van der Waals surface area contributed by atoms with Crippen molar-refractivity contribution in [2.24, 2.45) is 5.41 Å². The van der Waals surface area contributed by atoms with Gasteiger partial charge in [-0.15, -0.1) is 0 Å². The minimum atomic E-state index is -0.535. The Morgan fingerprint density at radius 1 is 1.19 bits per heavy atom. The molecule has 2 aromatic heterocycles. The third-order valence-electron chi connectivity index (χ3n) is 5.87. The van der Waals surface area contributed by atoms with Crippen LogP contribution in [-0.2, 0) is 5.41 Å². The Labute approximate surface area is 185 Å². The van der Waals surface area contributed by atoms with E-state index >= 15 is 0 Å². The van der Waals surface area contributed by atoms with Crippen LogP contribution < -0.4 is 10.9 Å². The Balaban J connectivity index is 1.65. The molecular formula is C24H26FN5O2. The molecule has 0 bridgehead atoms. The maximum Gasteiger partial charge on any atom is 0.270 e. The third-order valence-corrected chi connectivity index (χ3v) is 5.87. The van der Waals surface area contributed by atoms with Crippen LogP contribution in [0.5, 0.6) is 0 Å². The SMILES string of the molecule is CC1(c2ccc([C@H](NC(=O)c3cc(=O)[nH]c(-c4ncccn4)n3)C(C)(C)C)cc2F)CC1. The smallest absolute Gasteiger partial charge is 0.270 e. The van der Waals surface area contributed by atoms with Crippen LogP contribution in [0.2, 0.25) is 0 Å². The fraction of sp³-hybridized carbons (Fsp3) is 0.375. The lowest BCUT2D eigenvalue weighted by Crippen LogP contribution is -2.37. The van der Waals surface area contributed by atoms with E-state index in [1.54, 1.807) is 6.07 Å². The average Bonchev–Trinajstić information content (AvgIpc) is 3.49. The van der Waals surface area contributed by atoms with E-state index < -0.39 is 22.9 Å². The Bertz CT molecular complexity index is 1210. The Hall–Kier alpha value is -3.42. The van der Waals surface area contributed by atoms with Gasteiger partial charge in [-0.1, -0.05) is 39.8 Å². The fourth-order valence-corrected chi connectivity index (χ4v) is 3.76. The molecule has 1 atom stereocenters. The van der Waals surface area contributed by atoms with Crippen molar-refractivity contribution in [1.82, 2.24) is 25.3 Å². The number of benzene rings is 1. The molecule has 1 amide bonds. The normalized spacial score (nSPS) is 15.8. The molecule has 3 aromatic rings. The summed E-state index contributed by atoms with van der Waals surface area (Å²) in [5.41, 5.74) is 0.311. The molecule has 2 heterocycles. The van der Waals surface area contributed by atoms with Crippen LogP contribution in [0.4, 0.5) is 4.39 Å². The average molecular weight is 436 g/mol. The minimum Gasteiger partial charge on any atom is -0.343 e. The Morgan fingerprint density at radius 3 is 2.47 bits per heavy atom. The molecular weight excluding hydrogens is 409 g/mol. The Kier molecular flexibility index (Phi) is 5.40. The summed E-state index contributed by atoms with van der Waals surface area (Å²) >= 11 is 0. The highest BCUT2D eigenvalue weighted by molar-refractivity contribution is 5.92. The number of amides is 1. The van der Waals surface area contributed by atoms with Crippen LogP contribution in [0.1, 0.15) is 68.2 Å². The van der Waals surface area contributed by atoms with Crippen molar-refractivity contribution in [3.8, 4) is 11.6 Å². The van der Waals surface area contributed by atoms with Crippen LogP contribution in [0.15, 0.2) is 47.5 Å². The maximum atomic E-state index is 14.9. The van der Waals surface area contributed by atoms with Crippen LogP contribution in [-0.4, -0.2) is 25.8 Å². The number of hydrogen-bond donors (Lipinski definition) is 2. The maximum absolute atomic E-state index is 14.9. The van der Waals surface area contributed by atoms with Gasteiger partial charge in [-0.25, -0.2) is 19.3 Å². The van der Waals surface area contributed by atoms with E-state index in [1.807, 2.05) is 32.9 Å². The van der Waals surface area contributed by atoms with Crippen LogP contribution >= 0.6 is 0 Å². The first kappa shape index (κ1) is 21.8. The van der Waals surface area contributed by atoms with E-state index in [4.69, 9.17) is 0 Å². The van der Waals surface area contributed by atoms with Gasteiger partial charge >= 0.3 is 0 Å². The van der Waals surface area contributed by atoms with Gasteiger partial charge in [-0.2, -0.15) is 0 Å². The standard InChI is InChI=1S/C24H26FN5O2/c1-23(2,3)19(14-6-7-15(16(25)12-14)24(4)8-9-24)30-22(32)17-13-18(31)29-21(28-17)20-26-10-5-11-27-20/h5-7,10-13,19H,8-9H2,1-4H3,(H,30,32)(H,28,29,31)/t19-/m0/s1. The van der Waals surface area contributed by atoms with Crippen molar-refractivity contribution in [2.45, 2.75) is 52.0 Å². The molecule has 4 rings (SSSR count). The predicted octanol–water partition coefficient (Wildman–Crippen LogP) is 3.93. The van der Waals surface area contributed by atoms with Crippen LogP contribution in [0.3, 0.4) is 0 Å². The van der Waals surface area contributed by atoms with E-state index in [-0.39, 0.29) is 28.6 Å². The van der Waals surface area contributed by atoms with Crippen LogP contribution in [0, 0.1) is 11.2 Å². The first-order valence-electron chi connectivity index (χ1n) is 10.6. The highest BCUT2D eigenvalue weighted by Crippen LogP contribution is 2.49. The second kappa shape index (κ2) is 7.93. The van der Waals surface area contributed by atoms with Gasteiger partial charge < -0.3 is 10.3 Å². The summed E-state index contributed by atoms with van der Waals surface area (Å²) in [4.78, 5) is 40.1. The molecule has 1 aliphatic carbocycles. The second-order valence-electron chi connectivity index (χ2n) is 9.62. The molecule has 166 valence electrons. The molecule has 0 spiro atoms. The van der Waals surface area contributed by atoms with Crippen molar-refractivity contribution >= 4 is 5.91 Å². The molecule has 7 nitrogen and oxygen atoms in total. The molecule has 32 heavy (non-hydrogen) atoms. The number of carbonyl (C=O) groups excluding carboxylic acids is 1. The Morgan fingerprint density at radius 2 is 1.88 bits per heavy atom. The van der Waals surface area contributed by atoms with E-state index in [0.29, 0.717) is 11.1 Å². The lowest BCUT2D eigenvalue weighted by Gasteiger charge is -2.32. The molecule has 1 aromatic carbocycles. The van der Waals surface area contributed by atoms with Crippen molar-refractivity contribution in [2.75, 3.05) is 0 Å². The second-order valence-corrected chi connectivity index (χ2v) is 9.62. The molecule has 2 N–H and O–H groups in total. The number of hydrogen-bond acceptors (Lipinski definition) is 5. The number of halogens is 1. The van der Waals surface area contributed by atoms with Gasteiger partial charge in [-0.05, 0) is 46.9 Å². The minimum absolute atomic E-state index is 0.0620. The topological polar surface area (TPSA) is 101 Å². The van der Waals surface area contributed by atoms with Crippen LogP contribution in [0.25, 0.3) is 11.6 Å². The van der Waals surface area contributed by atoms with E-state index in [2.05, 4.69) is 32.2 Å². The van der Waals surface area contributed by atoms with Gasteiger partial charge in [-0.3, -0.25) is 9.59 Å². The summed E-state index contributed by atoms with van der Waals surface area (Å²) in [5.74, 6) is -0.489. The van der Waals surface area contributed by atoms with E-state index in [9.17, 15) is 14.0 Å². The lowest BCUT2D eigenvalue weighted by atomic mass is 9.81. The number of rotatable bonds is 5. The summed E-state index contributed by atoms with van der Waals surface area (Å²) < 4.78 is 14.9. The molecule has 0 aliphatic heterocycles. The predicted molar refractivity (Wildman–Crippen MR) is 119 cm³/mol. The van der Waals surface area contributed by atoms with Gasteiger partial charge in [0.05, 0.1) is 6.04 Å². The largest absolute Gasteiger partial charge is 0.343 e. The summed E-state index contributed by atoms with van der Waals surface area (Å²) in [6, 6.07) is 7.46. The van der Waals surface area contributed by atoms with Crippen molar-refractivity contribution in [3.05, 3.63) is 75.7 Å². The summed E-state index contributed by atoms with van der Waals surface area (Å²) in [7, 11) is 0. The molecule has 0 saturated heterocycles. The summed E-state index contributed by atoms with van der Waals surface area (Å²) in [6.07, 6.45) is 4.99. The summed E-state index contributed by atoms with van der Waals surface area (Å²) in [5, 5.41) is 2.93. The highest BCUT2D eigenvalue weighted by Gasteiger charge is 2.41. The first-order valence-corrected chi connectivity index (χ1v) is 10.6. The number of nitrogens with one attached hydrogen (secondary N) is 2. The zero-order valence-corrected chi connectivity index (χ0v) is 18.6. The van der Waals surface area contributed by atoms with Crippen molar-refractivity contribution in [1.29, 1.82) is 0 Å².